The Labute approximate surface area is 157 Å². The molecule has 0 saturated carbocycles. The van der Waals surface area contributed by atoms with Gasteiger partial charge in [-0.15, -0.1) is 10.1 Å². The molecule has 2 rings (SSSR count). The Hall–Kier alpha value is -1.94. The molecule has 2 fully saturated rings. The van der Waals surface area contributed by atoms with Crippen molar-refractivity contribution in [3.63, 3.8) is 0 Å². The minimum Gasteiger partial charge on any atom is -0.457 e. The summed E-state index contributed by atoms with van der Waals surface area (Å²) in [7, 11) is 0. The molecule has 0 aromatic carbocycles. The molecule has 2 aliphatic rings. The topological polar surface area (TPSA) is 123 Å². The van der Waals surface area contributed by atoms with Crippen LogP contribution in [0.25, 0.3) is 0 Å². The standard InChI is InChI=1S/C17H27NO9/c1-17(2,3)16(20)27-12-10-24-14-11(9-23-15(12)14)26-13(19)7-5-4-6-8-25-18(21)22/h11-12,14-15H,4-10H2,1-3H3/t11?,12?,14-,15-/m1/s1. The van der Waals surface area contributed by atoms with Gasteiger partial charge in [-0.25, -0.2) is 0 Å². The molecule has 0 aliphatic carbocycles. The highest BCUT2D eigenvalue weighted by atomic mass is 16.9. The summed E-state index contributed by atoms with van der Waals surface area (Å²) < 4.78 is 22.2. The molecule has 0 N–H and O–H groups in total. The van der Waals surface area contributed by atoms with E-state index in [1.807, 2.05) is 0 Å². The number of rotatable bonds is 9. The van der Waals surface area contributed by atoms with Crippen molar-refractivity contribution in [3.05, 3.63) is 10.1 Å². The third-order valence-corrected chi connectivity index (χ3v) is 4.34. The number of hydrogen-bond donors (Lipinski definition) is 0. The van der Waals surface area contributed by atoms with E-state index in [2.05, 4.69) is 4.84 Å². The third-order valence-electron chi connectivity index (χ3n) is 4.34. The van der Waals surface area contributed by atoms with Gasteiger partial charge in [0.2, 0.25) is 0 Å². The van der Waals surface area contributed by atoms with E-state index < -0.39 is 34.9 Å². The van der Waals surface area contributed by atoms with Crippen LogP contribution in [-0.4, -0.2) is 61.3 Å². The molecule has 2 saturated heterocycles. The summed E-state index contributed by atoms with van der Waals surface area (Å²) in [5.41, 5.74) is -0.618. The van der Waals surface area contributed by atoms with Gasteiger partial charge >= 0.3 is 11.9 Å². The van der Waals surface area contributed by atoms with E-state index in [1.54, 1.807) is 20.8 Å². The molecule has 2 unspecified atom stereocenters. The zero-order chi connectivity index (χ0) is 20.0. The summed E-state index contributed by atoms with van der Waals surface area (Å²) in [4.78, 5) is 38.2. The molecule has 154 valence electrons. The largest absolute Gasteiger partial charge is 0.457 e. The molecule has 0 aromatic rings. The lowest BCUT2D eigenvalue weighted by Crippen LogP contribution is -2.37. The molecule has 0 spiro atoms. The Balaban J connectivity index is 1.68. The van der Waals surface area contributed by atoms with Crippen LogP contribution in [0.1, 0.15) is 46.5 Å². The second-order valence-electron chi connectivity index (χ2n) is 7.69. The van der Waals surface area contributed by atoms with Crippen molar-refractivity contribution in [2.45, 2.75) is 70.9 Å². The number of carbonyl (C=O) groups is 2. The Morgan fingerprint density at radius 1 is 1.04 bits per heavy atom. The Morgan fingerprint density at radius 2 is 1.63 bits per heavy atom. The maximum absolute atomic E-state index is 12.0. The first-order valence-electron chi connectivity index (χ1n) is 9.09. The minimum absolute atomic E-state index is 0.0186. The highest BCUT2D eigenvalue weighted by Gasteiger charge is 2.51. The summed E-state index contributed by atoms with van der Waals surface area (Å²) >= 11 is 0. The summed E-state index contributed by atoms with van der Waals surface area (Å²) in [6, 6.07) is 0. The lowest BCUT2D eigenvalue weighted by atomic mass is 9.97. The number of carbonyl (C=O) groups excluding carboxylic acids is 2. The fourth-order valence-corrected chi connectivity index (χ4v) is 2.86. The number of nitrogens with zero attached hydrogens (tertiary/aromatic N) is 1. The van der Waals surface area contributed by atoms with Crippen molar-refractivity contribution >= 4 is 11.9 Å². The molecule has 0 radical (unpaired) electrons. The first-order chi connectivity index (χ1) is 12.7. The van der Waals surface area contributed by atoms with E-state index in [0.717, 1.165) is 0 Å². The highest BCUT2D eigenvalue weighted by Crippen LogP contribution is 2.32. The third kappa shape index (κ3) is 6.31. The van der Waals surface area contributed by atoms with Gasteiger partial charge in [0.1, 0.15) is 12.2 Å². The fourth-order valence-electron chi connectivity index (χ4n) is 2.86. The van der Waals surface area contributed by atoms with Crippen LogP contribution in [0.5, 0.6) is 0 Å². The molecule has 2 aliphatic heterocycles. The Kier molecular flexibility index (Phi) is 7.37. The smallest absolute Gasteiger partial charge is 0.311 e. The lowest BCUT2D eigenvalue weighted by molar-refractivity contribution is -0.757. The first-order valence-corrected chi connectivity index (χ1v) is 9.09. The van der Waals surface area contributed by atoms with Crippen LogP contribution >= 0.6 is 0 Å². The van der Waals surface area contributed by atoms with Crippen LogP contribution in [0, 0.1) is 15.5 Å². The van der Waals surface area contributed by atoms with Gasteiger partial charge in [-0.05, 0) is 33.6 Å². The van der Waals surface area contributed by atoms with Crippen LogP contribution < -0.4 is 0 Å². The van der Waals surface area contributed by atoms with Crippen molar-refractivity contribution in [2.75, 3.05) is 19.8 Å². The number of unbranched alkanes of at least 4 members (excludes halogenated alkanes) is 2. The molecular weight excluding hydrogens is 362 g/mol. The minimum atomic E-state index is -0.835. The van der Waals surface area contributed by atoms with E-state index in [-0.39, 0.29) is 38.2 Å². The Morgan fingerprint density at radius 3 is 2.19 bits per heavy atom. The average Bonchev–Trinajstić information content (AvgIpc) is 3.13. The number of esters is 2. The van der Waals surface area contributed by atoms with Crippen molar-refractivity contribution in [3.8, 4) is 0 Å². The summed E-state index contributed by atoms with van der Waals surface area (Å²) in [5.74, 6) is -0.708. The van der Waals surface area contributed by atoms with Gasteiger partial charge in [-0.3, -0.25) is 9.59 Å². The van der Waals surface area contributed by atoms with Crippen LogP contribution in [-0.2, 0) is 33.4 Å². The van der Waals surface area contributed by atoms with Gasteiger partial charge in [-0.2, -0.15) is 0 Å². The SMILES string of the molecule is CC(C)(C)C(=O)OC1CO[C@@H]2C(OC(=O)CCCCCO[N+](=O)[O-])CO[C@H]12. The first kappa shape index (κ1) is 21.4. The van der Waals surface area contributed by atoms with Gasteiger partial charge in [0.15, 0.2) is 12.2 Å². The molecule has 4 atom stereocenters. The van der Waals surface area contributed by atoms with E-state index in [1.165, 1.54) is 0 Å². The van der Waals surface area contributed by atoms with E-state index in [0.29, 0.717) is 19.3 Å². The van der Waals surface area contributed by atoms with E-state index in [4.69, 9.17) is 18.9 Å². The molecule has 10 heteroatoms. The van der Waals surface area contributed by atoms with Crippen LogP contribution in [0.2, 0.25) is 0 Å². The average molecular weight is 389 g/mol. The maximum Gasteiger partial charge on any atom is 0.311 e. The maximum atomic E-state index is 12.0. The molecule has 10 nitrogen and oxygen atoms in total. The number of fused-ring (bicyclic) bond motifs is 1. The van der Waals surface area contributed by atoms with Crippen molar-refractivity contribution in [1.29, 1.82) is 0 Å². The predicted octanol–water partition coefficient (Wildman–Crippen LogP) is 1.42. The quantitative estimate of drug-likeness (QED) is 0.249. The molecule has 2 heterocycles. The predicted molar refractivity (Wildman–Crippen MR) is 90.1 cm³/mol. The van der Waals surface area contributed by atoms with Gasteiger partial charge in [-0.1, -0.05) is 6.42 Å². The molecule has 27 heavy (non-hydrogen) atoms. The van der Waals surface area contributed by atoms with Crippen molar-refractivity contribution in [1.82, 2.24) is 0 Å². The van der Waals surface area contributed by atoms with E-state index in [9.17, 15) is 19.7 Å². The van der Waals surface area contributed by atoms with Crippen molar-refractivity contribution in [2.24, 2.45) is 5.41 Å². The van der Waals surface area contributed by atoms with Crippen LogP contribution in [0.3, 0.4) is 0 Å². The second kappa shape index (κ2) is 9.32. The van der Waals surface area contributed by atoms with Gasteiger partial charge in [0.25, 0.3) is 5.09 Å². The molecule has 0 bridgehead atoms. The van der Waals surface area contributed by atoms with Crippen LogP contribution in [0.4, 0.5) is 0 Å². The Bertz CT molecular complexity index is 545. The monoisotopic (exact) mass is 389 g/mol. The molecule has 0 aromatic heterocycles. The zero-order valence-electron chi connectivity index (χ0n) is 15.9. The molecule has 0 amide bonds. The fraction of sp³-hybridized carbons (Fsp3) is 0.882. The second-order valence-corrected chi connectivity index (χ2v) is 7.69. The van der Waals surface area contributed by atoms with Gasteiger partial charge < -0.3 is 23.8 Å². The normalized spacial score (nSPS) is 27.1. The highest BCUT2D eigenvalue weighted by molar-refractivity contribution is 5.75. The lowest BCUT2D eigenvalue weighted by Gasteiger charge is -2.22. The van der Waals surface area contributed by atoms with Gasteiger partial charge in [0, 0.05) is 6.42 Å². The summed E-state index contributed by atoms with van der Waals surface area (Å²) in [6.45, 7) is 5.73. The van der Waals surface area contributed by atoms with E-state index >= 15 is 0 Å². The summed E-state index contributed by atoms with van der Waals surface area (Å²) in [6.07, 6.45) is -0.0463. The molecular formula is C17H27NO9. The summed E-state index contributed by atoms with van der Waals surface area (Å²) in [5, 5.41) is 9.18. The number of ether oxygens (including phenoxy) is 4. The number of hydrogen-bond acceptors (Lipinski definition) is 9. The van der Waals surface area contributed by atoms with Crippen molar-refractivity contribution < 1.29 is 38.5 Å². The zero-order valence-corrected chi connectivity index (χ0v) is 15.9. The van der Waals surface area contributed by atoms with Crippen LogP contribution in [0.15, 0.2) is 0 Å². The van der Waals surface area contributed by atoms with Gasteiger partial charge in [0.05, 0.1) is 25.2 Å².